The highest BCUT2D eigenvalue weighted by Crippen LogP contribution is 2.23. The molecule has 0 fully saturated rings. The normalized spacial score (nSPS) is 12.5. The Kier molecular flexibility index (Phi) is 3.98. The molecule has 0 aliphatic rings. The first-order valence-corrected chi connectivity index (χ1v) is 7.37. The van der Waals surface area contributed by atoms with Crippen LogP contribution in [0.3, 0.4) is 0 Å². The number of fused-ring (bicyclic) bond motifs is 1. The van der Waals surface area contributed by atoms with Crippen molar-refractivity contribution in [2.24, 2.45) is 0 Å². The van der Waals surface area contributed by atoms with Crippen molar-refractivity contribution in [2.75, 3.05) is 7.05 Å². The molecular formula is C19H20N2. The molecule has 3 rings (SSSR count). The Bertz CT molecular complexity index is 732. The Morgan fingerprint density at radius 3 is 2.52 bits per heavy atom. The van der Waals surface area contributed by atoms with Crippen LogP contribution in [0.25, 0.3) is 22.0 Å². The zero-order chi connectivity index (χ0) is 14.7. The Balaban J connectivity index is 1.88. The zero-order valence-electron chi connectivity index (χ0n) is 12.5. The van der Waals surface area contributed by atoms with Gasteiger partial charge < -0.3 is 5.32 Å². The van der Waals surface area contributed by atoms with E-state index in [4.69, 9.17) is 0 Å². The molecule has 3 aromatic rings. The minimum absolute atomic E-state index is 0.501. The quantitative estimate of drug-likeness (QED) is 0.777. The van der Waals surface area contributed by atoms with E-state index >= 15 is 0 Å². The molecule has 0 radical (unpaired) electrons. The maximum atomic E-state index is 4.43. The maximum Gasteiger partial charge on any atom is 0.0708 e. The number of hydrogen-bond acceptors (Lipinski definition) is 2. The van der Waals surface area contributed by atoms with Gasteiger partial charge in [0.25, 0.3) is 0 Å². The predicted octanol–water partition coefficient (Wildman–Crippen LogP) is 4.05. The van der Waals surface area contributed by atoms with E-state index in [-0.39, 0.29) is 0 Å². The molecule has 21 heavy (non-hydrogen) atoms. The Morgan fingerprint density at radius 2 is 1.76 bits per heavy atom. The number of rotatable bonds is 4. The van der Waals surface area contributed by atoms with Gasteiger partial charge in [-0.15, -0.1) is 0 Å². The van der Waals surface area contributed by atoms with E-state index in [0.29, 0.717) is 6.04 Å². The average molecular weight is 276 g/mol. The molecule has 2 nitrogen and oxygen atoms in total. The largest absolute Gasteiger partial charge is 0.317 e. The van der Waals surface area contributed by atoms with Crippen LogP contribution in [0.1, 0.15) is 12.5 Å². The number of nitrogens with one attached hydrogen (secondary N) is 1. The molecule has 1 heterocycles. The summed E-state index contributed by atoms with van der Waals surface area (Å²) in [4.78, 5) is 4.43. The van der Waals surface area contributed by atoms with Crippen LogP contribution in [0.15, 0.2) is 60.8 Å². The van der Waals surface area contributed by atoms with Gasteiger partial charge in [0, 0.05) is 17.6 Å². The number of hydrogen-bond donors (Lipinski definition) is 1. The minimum atomic E-state index is 0.501. The van der Waals surface area contributed by atoms with Crippen LogP contribution in [0.2, 0.25) is 0 Å². The molecule has 2 aromatic carbocycles. The second-order valence-corrected chi connectivity index (χ2v) is 5.50. The number of pyridine rings is 1. The molecule has 0 spiro atoms. The lowest BCUT2D eigenvalue weighted by Gasteiger charge is -2.10. The Morgan fingerprint density at radius 1 is 1.00 bits per heavy atom. The van der Waals surface area contributed by atoms with Gasteiger partial charge in [-0.3, -0.25) is 4.98 Å². The van der Waals surface area contributed by atoms with Gasteiger partial charge in [-0.2, -0.15) is 0 Å². The van der Waals surface area contributed by atoms with Gasteiger partial charge in [0.1, 0.15) is 0 Å². The third-order valence-electron chi connectivity index (χ3n) is 3.93. The Hall–Kier alpha value is -2.19. The SMILES string of the molecule is CNC(C)Cc1ccc(-c2ccc3cccnc3c2)cc1. The van der Waals surface area contributed by atoms with Crippen molar-refractivity contribution in [3.8, 4) is 11.1 Å². The van der Waals surface area contributed by atoms with Crippen LogP contribution in [0.4, 0.5) is 0 Å². The highest BCUT2D eigenvalue weighted by molar-refractivity contribution is 5.84. The van der Waals surface area contributed by atoms with Crippen LogP contribution in [-0.4, -0.2) is 18.1 Å². The molecule has 1 aromatic heterocycles. The summed E-state index contributed by atoms with van der Waals surface area (Å²) in [7, 11) is 2.00. The number of nitrogens with zero attached hydrogens (tertiary/aromatic N) is 1. The van der Waals surface area contributed by atoms with Gasteiger partial charge in [0.2, 0.25) is 0 Å². The third-order valence-corrected chi connectivity index (χ3v) is 3.93. The lowest BCUT2D eigenvalue weighted by atomic mass is 10.00. The van der Waals surface area contributed by atoms with Crippen molar-refractivity contribution in [3.05, 3.63) is 66.4 Å². The van der Waals surface area contributed by atoms with Gasteiger partial charge in [0.05, 0.1) is 5.52 Å². The number of aromatic nitrogens is 1. The summed E-state index contributed by atoms with van der Waals surface area (Å²) in [6.45, 7) is 2.20. The number of benzene rings is 2. The fraction of sp³-hybridized carbons (Fsp3) is 0.211. The van der Waals surface area contributed by atoms with E-state index in [1.807, 2.05) is 19.3 Å². The van der Waals surface area contributed by atoms with Crippen LogP contribution in [-0.2, 0) is 6.42 Å². The summed E-state index contributed by atoms with van der Waals surface area (Å²) in [6, 6.07) is 19.8. The van der Waals surface area contributed by atoms with Crippen molar-refractivity contribution in [1.29, 1.82) is 0 Å². The molecule has 1 N–H and O–H groups in total. The lowest BCUT2D eigenvalue weighted by Crippen LogP contribution is -2.23. The highest BCUT2D eigenvalue weighted by atomic mass is 14.8. The molecule has 1 atom stereocenters. The molecule has 0 bridgehead atoms. The van der Waals surface area contributed by atoms with E-state index in [1.165, 1.54) is 22.1 Å². The third kappa shape index (κ3) is 3.11. The van der Waals surface area contributed by atoms with E-state index < -0.39 is 0 Å². The highest BCUT2D eigenvalue weighted by Gasteiger charge is 2.03. The summed E-state index contributed by atoms with van der Waals surface area (Å²) in [6.07, 6.45) is 2.89. The standard InChI is InChI=1S/C19H20N2/c1-14(20-2)12-15-5-7-16(8-6-15)18-10-9-17-4-3-11-21-19(17)13-18/h3-11,13-14,20H,12H2,1-2H3. The second kappa shape index (κ2) is 6.06. The van der Waals surface area contributed by atoms with E-state index in [1.54, 1.807) is 0 Å². The van der Waals surface area contributed by atoms with Gasteiger partial charge in [0.15, 0.2) is 0 Å². The summed E-state index contributed by atoms with van der Waals surface area (Å²) in [5.74, 6) is 0. The first kappa shape index (κ1) is 13.8. The van der Waals surface area contributed by atoms with Gasteiger partial charge in [-0.05, 0) is 49.2 Å². The summed E-state index contributed by atoms with van der Waals surface area (Å²) in [5.41, 5.74) is 4.86. The molecule has 0 aliphatic heterocycles. The van der Waals surface area contributed by atoms with Gasteiger partial charge in [-0.1, -0.05) is 42.5 Å². The van der Waals surface area contributed by atoms with Crippen molar-refractivity contribution in [2.45, 2.75) is 19.4 Å². The molecule has 0 saturated carbocycles. The predicted molar refractivity (Wildman–Crippen MR) is 89.4 cm³/mol. The van der Waals surface area contributed by atoms with E-state index in [2.05, 4.69) is 65.8 Å². The van der Waals surface area contributed by atoms with Crippen molar-refractivity contribution in [1.82, 2.24) is 10.3 Å². The second-order valence-electron chi connectivity index (χ2n) is 5.50. The molecule has 2 heteroatoms. The van der Waals surface area contributed by atoms with Gasteiger partial charge in [-0.25, -0.2) is 0 Å². The maximum absolute atomic E-state index is 4.43. The first-order chi connectivity index (χ1) is 10.3. The Labute approximate surface area is 125 Å². The molecular weight excluding hydrogens is 256 g/mol. The zero-order valence-corrected chi connectivity index (χ0v) is 12.5. The fourth-order valence-electron chi connectivity index (χ4n) is 2.53. The van der Waals surface area contributed by atoms with Crippen LogP contribution >= 0.6 is 0 Å². The van der Waals surface area contributed by atoms with E-state index in [0.717, 1.165) is 11.9 Å². The topological polar surface area (TPSA) is 24.9 Å². The molecule has 1 unspecified atom stereocenters. The summed E-state index contributed by atoms with van der Waals surface area (Å²) >= 11 is 0. The van der Waals surface area contributed by atoms with Crippen molar-refractivity contribution < 1.29 is 0 Å². The molecule has 106 valence electrons. The molecule has 0 saturated heterocycles. The van der Waals surface area contributed by atoms with Gasteiger partial charge >= 0.3 is 0 Å². The summed E-state index contributed by atoms with van der Waals surface area (Å²) in [5, 5.41) is 4.45. The number of likely N-dealkylation sites (N-methyl/N-ethyl adjacent to an activating group) is 1. The summed E-state index contributed by atoms with van der Waals surface area (Å²) < 4.78 is 0. The minimum Gasteiger partial charge on any atom is -0.317 e. The smallest absolute Gasteiger partial charge is 0.0708 e. The molecule has 0 amide bonds. The van der Waals surface area contributed by atoms with Crippen molar-refractivity contribution in [3.63, 3.8) is 0 Å². The van der Waals surface area contributed by atoms with E-state index in [9.17, 15) is 0 Å². The average Bonchev–Trinajstić information content (AvgIpc) is 2.55. The monoisotopic (exact) mass is 276 g/mol. The van der Waals surface area contributed by atoms with Crippen LogP contribution < -0.4 is 5.32 Å². The lowest BCUT2D eigenvalue weighted by molar-refractivity contribution is 0.608. The van der Waals surface area contributed by atoms with Crippen LogP contribution in [0, 0.1) is 0 Å². The fourth-order valence-corrected chi connectivity index (χ4v) is 2.53. The molecule has 0 aliphatic carbocycles. The van der Waals surface area contributed by atoms with Crippen LogP contribution in [0.5, 0.6) is 0 Å². The first-order valence-electron chi connectivity index (χ1n) is 7.37. The van der Waals surface area contributed by atoms with Crippen molar-refractivity contribution >= 4 is 10.9 Å².